The predicted octanol–water partition coefficient (Wildman–Crippen LogP) is 4.89. The number of fused-ring (bicyclic) bond motifs is 2. The van der Waals surface area contributed by atoms with Crippen molar-refractivity contribution in [2.45, 2.75) is 25.9 Å². The van der Waals surface area contributed by atoms with Crippen molar-refractivity contribution in [1.82, 2.24) is 4.98 Å². The first-order chi connectivity index (χ1) is 15.0. The second-order valence-corrected chi connectivity index (χ2v) is 8.86. The third-order valence-corrected chi connectivity index (χ3v) is 7.18. The third kappa shape index (κ3) is 3.67. The fraction of sp³-hybridized carbons (Fsp3) is 0.440. The standard InChI is InChI=1S/C25H25F2NO3/c1-14-23-20(18-9-10-30-13-16(18)11-21(23)25(29)31-14)8-7-17-6-5-15(12-28-17)19-3-2-4-22(26)24(19)27/h2-8,12,14,16,18,20-21,23H,9-11,13H2,1H3/b8-7+. The van der Waals surface area contributed by atoms with Crippen LogP contribution in [0.25, 0.3) is 17.2 Å². The van der Waals surface area contributed by atoms with Crippen molar-refractivity contribution in [2.24, 2.45) is 29.6 Å². The maximum Gasteiger partial charge on any atom is 0.309 e. The fourth-order valence-corrected chi connectivity index (χ4v) is 5.71. The number of rotatable bonds is 3. The van der Waals surface area contributed by atoms with Crippen LogP contribution in [0.3, 0.4) is 0 Å². The number of nitrogens with zero attached hydrogens (tertiary/aromatic N) is 1. The Morgan fingerprint density at radius 3 is 2.87 bits per heavy atom. The topological polar surface area (TPSA) is 48.4 Å². The van der Waals surface area contributed by atoms with Crippen molar-refractivity contribution in [1.29, 1.82) is 0 Å². The van der Waals surface area contributed by atoms with Gasteiger partial charge in [0.2, 0.25) is 0 Å². The van der Waals surface area contributed by atoms with E-state index < -0.39 is 11.6 Å². The summed E-state index contributed by atoms with van der Waals surface area (Å²) >= 11 is 0. The molecule has 2 aliphatic heterocycles. The molecule has 2 aromatic rings. The van der Waals surface area contributed by atoms with Gasteiger partial charge in [-0.15, -0.1) is 0 Å². The molecule has 0 N–H and O–H groups in total. The smallest absolute Gasteiger partial charge is 0.309 e. The van der Waals surface area contributed by atoms with Crippen LogP contribution < -0.4 is 0 Å². The quantitative estimate of drug-likeness (QED) is 0.657. The minimum Gasteiger partial charge on any atom is -0.462 e. The molecule has 162 valence electrons. The van der Waals surface area contributed by atoms with E-state index in [1.54, 1.807) is 18.3 Å². The van der Waals surface area contributed by atoms with Crippen molar-refractivity contribution >= 4 is 12.0 Å². The summed E-state index contributed by atoms with van der Waals surface area (Å²) in [4.78, 5) is 16.8. The Balaban J connectivity index is 1.40. The molecule has 0 radical (unpaired) electrons. The number of hydrogen-bond donors (Lipinski definition) is 0. The van der Waals surface area contributed by atoms with Gasteiger partial charge in [-0.25, -0.2) is 8.78 Å². The molecule has 0 bridgehead atoms. The summed E-state index contributed by atoms with van der Waals surface area (Å²) in [6.45, 7) is 3.44. The maximum atomic E-state index is 14.1. The Bertz CT molecular complexity index is 1010. The monoisotopic (exact) mass is 425 g/mol. The Kier molecular flexibility index (Phi) is 5.34. The molecular weight excluding hydrogens is 400 g/mol. The number of pyridine rings is 1. The minimum atomic E-state index is -0.873. The molecule has 3 aliphatic rings. The number of hydrogen-bond acceptors (Lipinski definition) is 4. The number of halogens is 2. The van der Waals surface area contributed by atoms with E-state index in [2.05, 4.69) is 11.1 Å². The lowest BCUT2D eigenvalue weighted by atomic mass is 9.60. The summed E-state index contributed by atoms with van der Waals surface area (Å²) in [5, 5.41) is 0. The zero-order valence-corrected chi connectivity index (χ0v) is 17.3. The van der Waals surface area contributed by atoms with Crippen LogP contribution in [0.4, 0.5) is 8.78 Å². The van der Waals surface area contributed by atoms with Crippen LogP contribution in [0.15, 0.2) is 42.6 Å². The molecule has 3 heterocycles. The predicted molar refractivity (Wildman–Crippen MR) is 112 cm³/mol. The summed E-state index contributed by atoms with van der Waals surface area (Å²) in [6, 6.07) is 7.67. The highest BCUT2D eigenvalue weighted by Crippen LogP contribution is 2.51. The summed E-state index contributed by atoms with van der Waals surface area (Å²) in [7, 11) is 0. The number of aromatic nitrogens is 1. The number of ether oxygens (including phenoxy) is 2. The second-order valence-electron chi connectivity index (χ2n) is 8.86. The minimum absolute atomic E-state index is 0.0705. The highest BCUT2D eigenvalue weighted by molar-refractivity contribution is 5.75. The van der Waals surface area contributed by atoms with Crippen LogP contribution >= 0.6 is 0 Å². The van der Waals surface area contributed by atoms with Crippen molar-refractivity contribution in [3.8, 4) is 11.1 Å². The zero-order valence-electron chi connectivity index (χ0n) is 17.3. The highest BCUT2D eigenvalue weighted by Gasteiger charge is 2.54. The van der Waals surface area contributed by atoms with Crippen LogP contribution in [-0.2, 0) is 14.3 Å². The summed E-state index contributed by atoms with van der Waals surface area (Å²) in [6.07, 6.45) is 7.43. The van der Waals surface area contributed by atoms with Gasteiger partial charge in [0.15, 0.2) is 11.6 Å². The van der Waals surface area contributed by atoms with Gasteiger partial charge in [0.05, 0.1) is 11.6 Å². The van der Waals surface area contributed by atoms with Crippen molar-refractivity contribution in [2.75, 3.05) is 13.2 Å². The molecule has 1 aliphatic carbocycles. The van der Waals surface area contributed by atoms with Crippen LogP contribution in [0.1, 0.15) is 25.5 Å². The maximum absolute atomic E-state index is 14.1. The Hall–Kier alpha value is -2.60. The number of cyclic esters (lactones) is 1. The lowest BCUT2D eigenvalue weighted by Crippen LogP contribution is -2.45. The molecule has 0 amide bonds. The van der Waals surface area contributed by atoms with Crippen molar-refractivity contribution < 1.29 is 23.0 Å². The van der Waals surface area contributed by atoms with Crippen LogP contribution in [-0.4, -0.2) is 30.3 Å². The number of benzene rings is 1. The molecule has 5 rings (SSSR count). The first kappa shape index (κ1) is 20.3. The van der Waals surface area contributed by atoms with Crippen LogP contribution in [0, 0.1) is 41.2 Å². The van der Waals surface area contributed by atoms with E-state index >= 15 is 0 Å². The molecule has 1 saturated carbocycles. The first-order valence-electron chi connectivity index (χ1n) is 10.9. The summed E-state index contributed by atoms with van der Waals surface area (Å²) in [5.74, 6) is -0.677. The van der Waals surface area contributed by atoms with E-state index in [-0.39, 0.29) is 35.4 Å². The molecule has 1 aromatic carbocycles. The fourth-order valence-electron chi connectivity index (χ4n) is 5.71. The summed E-state index contributed by atoms with van der Waals surface area (Å²) < 4.78 is 38.9. The normalized spacial score (nSPS) is 32.5. The van der Waals surface area contributed by atoms with Gasteiger partial charge in [0.1, 0.15) is 6.10 Å². The number of esters is 1. The highest BCUT2D eigenvalue weighted by atomic mass is 19.2. The molecule has 31 heavy (non-hydrogen) atoms. The van der Waals surface area contributed by atoms with E-state index in [1.807, 2.05) is 13.0 Å². The van der Waals surface area contributed by atoms with E-state index in [0.29, 0.717) is 24.0 Å². The van der Waals surface area contributed by atoms with E-state index in [0.717, 1.165) is 31.2 Å². The molecule has 6 unspecified atom stereocenters. The lowest BCUT2D eigenvalue weighted by Gasteiger charge is -2.45. The van der Waals surface area contributed by atoms with Gasteiger partial charge in [-0.2, -0.15) is 0 Å². The Morgan fingerprint density at radius 1 is 1.19 bits per heavy atom. The molecule has 0 spiro atoms. The third-order valence-electron chi connectivity index (χ3n) is 7.18. The molecule has 6 heteroatoms. The number of carbonyl (C=O) groups excluding carboxylic acids is 1. The molecule has 3 fully saturated rings. The van der Waals surface area contributed by atoms with Gasteiger partial charge >= 0.3 is 5.97 Å². The lowest BCUT2D eigenvalue weighted by molar-refractivity contribution is -0.144. The number of carbonyl (C=O) groups is 1. The molecule has 1 aromatic heterocycles. The van der Waals surface area contributed by atoms with Gasteiger partial charge in [-0.05, 0) is 55.7 Å². The Morgan fingerprint density at radius 2 is 2.06 bits per heavy atom. The van der Waals surface area contributed by atoms with E-state index in [4.69, 9.17) is 9.47 Å². The first-order valence-corrected chi connectivity index (χ1v) is 10.9. The SMILES string of the molecule is CC1OC(=O)C2CC3COCCC3C(/C=C/c3ccc(-c4cccc(F)c4F)cn3)C12. The Labute approximate surface area is 180 Å². The average molecular weight is 425 g/mol. The van der Waals surface area contributed by atoms with Gasteiger partial charge in [0.25, 0.3) is 0 Å². The number of allylic oxidation sites excluding steroid dienone is 1. The molecule has 6 atom stereocenters. The van der Waals surface area contributed by atoms with Gasteiger partial charge in [-0.3, -0.25) is 9.78 Å². The molecule has 2 saturated heterocycles. The van der Waals surface area contributed by atoms with Crippen LogP contribution in [0.2, 0.25) is 0 Å². The summed E-state index contributed by atoms with van der Waals surface area (Å²) in [5.41, 5.74) is 1.46. The largest absolute Gasteiger partial charge is 0.462 e. The molecular formula is C25H25F2NO3. The van der Waals surface area contributed by atoms with Crippen LogP contribution in [0.5, 0.6) is 0 Å². The van der Waals surface area contributed by atoms with Gasteiger partial charge in [-0.1, -0.05) is 24.3 Å². The van der Waals surface area contributed by atoms with Crippen molar-refractivity contribution in [3.05, 3.63) is 59.9 Å². The molecule has 4 nitrogen and oxygen atoms in total. The second kappa shape index (κ2) is 8.15. The van der Waals surface area contributed by atoms with E-state index in [9.17, 15) is 13.6 Å². The van der Waals surface area contributed by atoms with Gasteiger partial charge in [0, 0.05) is 36.5 Å². The zero-order chi connectivity index (χ0) is 21.5. The average Bonchev–Trinajstić information content (AvgIpc) is 3.07. The van der Waals surface area contributed by atoms with Crippen molar-refractivity contribution in [3.63, 3.8) is 0 Å². The van der Waals surface area contributed by atoms with E-state index in [1.165, 1.54) is 12.1 Å². The van der Waals surface area contributed by atoms with Gasteiger partial charge < -0.3 is 9.47 Å².